The van der Waals surface area contributed by atoms with Crippen molar-refractivity contribution in [3.05, 3.63) is 65.2 Å². The van der Waals surface area contributed by atoms with E-state index in [1.54, 1.807) is 29.2 Å². The predicted octanol–water partition coefficient (Wildman–Crippen LogP) is 3.15. The molecule has 0 saturated carbocycles. The van der Waals surface area contributed by atoms with Crippen LogP contribution in [0.3, 0.4) is 0 Å². The second-order valence-electron chi connectivity index (χ2n) is 5.04. The number of hydrogen-bond acceptors (Lipinski definition) is 2. The van der Waals surface area contributed by atoms with Gasteiger partial charge in [-0.3, -0.25) is 4.79 Å². The molecule has 3 rings (SSSR count). The number of carboxylic acids is 1. The van der Waals surface area contributed by atoms with Gasteiger partial charge in [-0.25, -0.2) is 8.78 Å². The lowest BCUT2D eigenvalue weighted by Gasteiger charge is -2.20. The summed E-state index contributed by atoms with van der Waals surface area (Å²) >= 11 is 0. The number of benzene rings is 2. The summed E-state index contributed by atoms with van der Waals surface area (Å²) in [5, 5.41) is 9.28. The fourth-order valence-electron chi connectivity index (χ4n) is 2.72. The van der Waals surface area contributed by atoms with E-state index in [1.807, 2.05) is 0 Å². The molecule has 3 nitrogen and oxygen atoms in total. The SMILES string of the molecule is O=C(O)C1CN(Cc2cccc(F)c2F)c2ccccc21. The Hall–Kier alpha value is -2.43. The summed E-state index contributed by atoms with van der Waals surface area (Å²) in [6.07, 6.45) is 0. The molecule has 2 aromatic rings. The molecule has 0 aromatic heterocycles. The molecule has 2 aromatic carbocycles. The van der Waals surface area contributed by atoms with Crippen molar-refractivity contribution in [1.82, 2.24) is 0 Å². The molecule has 21 heavy (non-hydrogen) atoms. The van der Waals surface area contributed by atoms with E-state index in [0.717, 1.165) is 11.8 Å². The number of hydrogen-bond donors (Lipinski definition) is 1. The highest BCUT2D eigenvalue weighted by Crippen LogP contribution is 2.37. The molecule has 1 aliphatic heterocycles. The van der Waals surface area contributed by atoms with Crippen molar-refractivity contribution < 1.29 is 18.7 Å². The van der Waals surface area contributed by atoms with Gasteiger partial charge < -0.3 is 10.0 Å². The monoisotopic (exact) mass is 289 g/mol. The first-order valence-corrected chi connectivity index (χ1v) is 6.57. The van der Waals surface area contributed by atoms with Gasteiger partial charge >= 0.3 is 5.97 Å². The van der Waals surface area contributed by atoms with Crippen molar-refractivity contribution in [1.29, 1.82) is 0 Å². The Bertz CT molecular complexity index is 702. The number of halogens is 2. The first kappa shape index (κ1) is 13.5. The first-order valence-electron chi connectivity index (χ1n) is 6.57. The smallest absolute Gasteiger partial charge is 0.312 e. The van der Waals surface area contributed by atoms with Gasteiger partial charge in [0, 0.05) is 24.3 Å². The van der Waals surface area contributed by atoms with Crippen LogP contribution in [0.15, 0.2) is 42.5 Å². The molecule has 1 aliphatic rings. The van der Waals surface area contributed by atoms with Crippen molar-refractivity contribution in [3.63, 3.8) is 0 Å². The molecular weight excluding hydrogens is 276 g/mol. The third-order valence-electron chi connectivity index (χ3n) is 3.75. The molecule has 0 saturated heterocycles. The molecule has 1 heterocycles. The molecule has 0 spiro atoms. The van der Waals surface area contributed by atoms with E-state index in [-0.39, 0.29) is 18.7 Å². The maximum Gasteiger partial charge on any atom is 0.312 e. The number of anilines is 1. The summed E-state index contributed by atoms with van der Waals surface area (Å²) < 4.78 is 27.0. The minimum Gasteiger partial charge on any atom is -0.481 e. The Morgan fingerprint density at radius 3 is 2.71 bits per heavy atom. The summed E-state index contributed by atoms with van der Waals surface area (Å²) in [6.45, 7) is 0.398. The zero-order valence-corrected chi connectivity index (χ0v) is 11.1. The van der Waals surface area contributed by atoms with Crippen molar-refractivity contribution in [3.8, 4) is 0 Å². The lowest BCUT2D eigenvalue weighted by molar-refractivity contribution is -0.138. The molecule has 0 aliphatic carbocycles. The van der Waals surface area contributed by atoms with Gasteiger partial charge in [-0.1, -0.05) is 30.3 Å². The molecular formula is C16H13F2NO2. The number of carboxylic acid groups (broad SMARTS) is 1. The molecule has 0 bridgehead atoms. The fraction of sp³-hybridized carbons (Fsp3) is 0.188. The quantitative estimate of drug-likeness (QED) is 0.943. The van der Waals surface area contributed by atoms with Gasteiger partial charge in [0.25, 0.3) is 0 Å². The van der Waals surface area contributed by atoms with Gasteiger partial charge in [-0.2, -0.15) is 0 Å². The van der Waals surface area contributed by atoms with Crippen molar-refractivity contribution >= 4 is 11.7 Å². The molecule has 1 atom stereocenters. The van der Waals surface area contributed by atoms with Crippen molar-refractivity contribution in [2.45, 2.75) is 12.5 Å². The summed E-state index contributed by atoms with van der Waals surface area (Å²) in [5.41, 5.74) is 1.69. The number of fused-ring (bicyclic) bond motifs is 1. The standard InChI is InChI=1S/C16H13F2NO2/c17-13-6-3-4-10(15(13)18)8-19-9-12(16(20)21)11-5-1-2-7-14(11)19/h1-7,12H,8-9H2,(H,20,21). The van der Waals surface area contributed by atoms with Crippen LogP contribution < -0.4 is 4.90 Å². The summed E-state index contributed by atoms with van der Waals surface area (Å²) in [5.74, 6) is -3.33. The van der Waals surface area contributed by atoms with Crippen LogP contribution in [0.2, 0.25) is 0 Å². The Morgan fingerprint density at radius 1 is 1.19 bits per heavy atom. The summed E-state index contributed by atoms with van der Waals surface area (Å²) in [4.78, 5) is 13.1. The molecule has 1 N–H and O–H groups in total. The van der Waals surface area contributed by atoms with Crippen LogP contribution in [0.1, 0.15) is 17.0 Å². The third kappa shape index (κ3) is 2.35. The van der Waals surface area contributed by atoms with Crippen LogP contribution in [-0.4, -0.2) is 17.6 Å². The highest BCUT2D eigenvalue weighted by atomic mass is 19.2. The van der Waals surface area contributed by atoms with Crippen LogP contribution in [0, 0.1) is 11.6 Å². The van der Waals surface area contributed by atoms with E-state index >= 15 is 0 Å². The van der Waals surface area contributed by atoms with Crippen LogP contribution >= 0.6 is 0 Å². The molecule has 0 amide bonds. The molecule has 0 fully saturated rings. The van der Waals surface area contributed by atoms with Gasteiger partial charge in [-0.15, -0.1) is 0 Å². The molecule has 0 radical (unpaired) electrons. The minimum atomic E-state index is -0.912. The molecule has 108 valence electrons. The zero-order chi connectivity index (χ0) is 15.0. The zero-order valence-electron chi connectivity index (χ0n) is 11.1. The van der Waals surface area contributed by atoms with E-state index in [4.69, 9.17) is 0 Å². The largest absolute Gasteiger partial charge is 0.481 e. The van der Waals surface area contributed by atoms with Crippen LogP contribution in [0.4, 0.5) is 14.5 Å². The number of para-hydroxylation sites is 1. The average Bonchev–Trinajstić information content (AvgIpc) is 2.83. The average molecular weight is 289 g/mol. The first-order chi connectivity index (χ1) is 10.1. The van der Waals surface area contributed by atoms with Gasteiger partial charge in [0.1, 0.15) is 5.92 Å². The van der Waals surface area contributed by atoms with Crippen molar-refractivity contribution in [2.75, 3.05) is 11.4 Å². The highest BCUT2D eigenvalue weighted by Gasteiger charge is 2.33. The second kappa shape index (κ2) is 5.16. The predicted molar refractivity (Wildman–Crippen MR) is 74.2 cm³/mol. The van der Waals surface area contributed by atoms with Crippen LogP contribution in [0.25, 0.3) is 0 Å². The Labute approximate surface area is 120 Å². The highest BCUT2D eigenvalue weighted by molar-refractivity contribution is 5.82. The van der Waals surface area contributed by atoms with Crippen LogP contribution in [0.5, 0.6) is 0 Å². The summed E-state index contributed by atoms with van der Waals surface area (Å²) in [6, 6.07) is 11.2. The lowest BCUT2D eigenvalue weighted by atomic mass is 10.0. The number of carbonyl (C=O) groups is 1. The topological polar surface area (TPSA) is 40.5 Å². The van der Waals surface area contributed by atoms with Gasteiger partial charge in [0.05, 0.1) is 0 Å². The second-order valence-corrected chi connectivity index (χ2v) is 5.04. The van der Waals surface area contributed by atoms with Gasteiger partial charge in [0.15, 0.2) is 11.6 Å². The van der Waals surface area contributed by atoms with E-state index in [0.29, 0.717) is 5.56 Å². The minimum absolute atomic E-state index is 0.143. The van der Waals surface area contributed by atoms with E-state index in [2.05, 4.69) is 0 Å². The fourth-order valence-corrected chi connectivity index (χ4v) is 2.72. The van der Waals surface area contributed by atoms with E-state index < -0.39 is 23.5 Å². The normalized spacial score (nSPS) is 16.9. The summed E-state index contributed by atoms with van der Waals surface area (Å²) in [7, 11) is 0. The Kier molecular flexibility index (Phi) is 3.33. The van der Waals surface area contributed by atoms with Gasteiger partial charge in [-0.05, 0) is 17.7 Å². The number of rotatable bonds is 3. The molecule has 5 heteroatoms. The lowest BCUT2D eigenvalue weighted by Crippen LogP contribution is -2.24. The maximum absolute atomic E-state index is 13.8. The third-order valence-corrected chi connectivity index (χ3v) is 3.75. The van der Waals surface area contributed by atoms with Crippen LogP contribution in [-0.2, 0) is 11.3 Å². The Balaban J connectivity index is 1.94. The van der Waals surface area contributed by atoms with E-state index in [1.165, 1.54) is 12.1 Å². The van der Waals surface area contributed by atoms with Gasteiger partial charge in [0.2, 0.25) is 0 Å². The maximum atomic E-state index is 13.8. The number of nitrogens with zero attached hydrogens (tertiary/aromatic N) is 1. The Morgan fingerprint density at radius 2 is 1.95 bits per heavy atom. The molecule has 1 unspecified atom stereocenters. The van der Waals surface area contributed by atoms with Crippen molar-refractivity contribution in [2.24, 2.45) is 0 Å². The van der Waals surface area contributed by atoms with E-state index in [9.17, 15) is 18.7 Å². The number of aliphatic carboxylic acids is 1.